The first-order chi connectivity index (χ1) is 7.31. The smallest absolute Gasteiger partial charge is 0.269 e. The number of hydrogen-bond donors (Lipinski definition) is 1. The molecule has 4 heteroatoms. The van der Waals surface area contributed by atoms with Gasteiger partial charge < -0.3 is 5.32 Å². The highest BCUT2D eigenvalue weighted by Gasteiger charge is 2.20. The Morgan fingerprint density at radius 3 is 2.87 bits per heavy atom. The third-order valence-electron chi connectivity index (χ3n) is 2.85. The van der Waals surface area contributed by atoms with Gasteiger partial charge in [-0.2, -0.15) is 0 Å². The van der Waals surface area contributed by atoms with Crippen LogP contribution in [0.1, 0.15) is 47.9 Å². The first-order valence-corrected chi connectivity index (χ1v) is 5.36. The Bertz CT molecular complexity index is 359. The summed E-state index contributed by atoms with van der Waals surface area (Å²) >= 11 is 0. The van der Waals surface area contributed by atoms with E-state index >= 15 is 0 Å². The molecule has 0 aliphatic heterocycles. The summed E-state index contributed by atoms with van der Waals surface area (Å²) in [6.07, 6.45) is 6.47. The van der Waals surface area contributed by atoms with Crippen LogP contribution in [-0.4, -0.2) is 22.9 Å². The average Bonchev–Trinajstić information content (AvgIpc) is 2.82. The lowest BCUT2D eigenvalue weighted by Gasteiger charge is -2.07. The fraction of sp³-hybridized carbons (Fsp3) is 0.545. The molecule has 15 heavy (non-hydrogen) atoms. The van der Waals surface area contributed by atoms with Crippen molar-refractivity contribution in [3.8, 4) is 0 Å². The van der Waals surface area contributed by atoms with Gasteiger partial charge in [0.2, 0.25) is 0 Å². The van der Waals surface area contributed by atoms with Gasteiger partial charge in [-0.25, -0.2) is 9.97 Å². The second kappa shape index (κ2) is 4.38. The van der Waals surface area contributed by atoms with Gasteiger partial charge in [-0.3, -0.25) is 4.79 Å². The van der Waals surface area contributed by atoms with Crippen LogP contribution in [0.3, 0.4) is 0 Å². The second-order valence-electron chi connectivity index (χ2n) is 3.86. The van der Waals surface area contributed by atoms with Gasteiger partial charge in [-0.1, -0.05) is 12.8 Å². The van der Waals surface area contributed by atoms with E-state index in [0.29, 0.717) is 11.6 Å². The highest BCUT2D eigenvalue weighted by Crippen LogP contribution is 2.31. The lowest BCUT2D eigenvalue weighted by molar-refractivity contribution is 0.0957. The van der Waals surface area contributed by atoms with E-state index in [1.165, 1.54) is 12.8 Å². The van der Waals surface area contributed by atoms with Crippen molar-refractivity contribution >= 4 is 5.91 Å². The SMILES string of the molecule is CNC(=O)c1ccnc(C2CCCC2)n1. The van der Waals surface area contributed by atoms with Crippen LogP contribution in [0, 0.1) is 0 Å². The molecule has 1 fully saturated rings. The summed E-state index contributed by atoms with van der Waals surface area (Å²) in [4.78, 5) is 19.9. The van der Waals surface area contributed by atoms with E-state index in [1.54, 1.807) is 19.3 Å². The number of aromatic nitrogens is 2. The van der Waals surface area contributed by atoms with E-state index < -0.39 is 0 Å². The molecule has 0 saturated heterocycles. The molecule has 4 nitrogen and oxygen atoms in total. The minimum Gasteiger partial charge on any atom is -0.354 e. The van der Waals surface area contributed by atoms with E-state index in [-0.39, 0.29) is 5.91 Å². The van der Waals surface area contributed by atoms with Crippen LogP contribution in [0.4, 0.5) is 0 Å². The standard InChI is InChI=1S/C11H15N3O/c1-12-11(15)9-6-7-13-10(14-9)8-4-2-3-5-8/h6-8H,2-5H2,1H3,(H,12,15). The molecule has 1 aromatic heterocycles. The van der Waals surface area contributed by atoms with Crippen molar-refractivity contribution in [1.82, 2.24) is 15.3 Å². The zero-order valence-corrected chi connectivity index (χ0v) is 8.86. The molecule has 1 N–H and O–H groups in total. The van der Waals surface area contributed by atoms with Crippen LogP contribution in [0.2, 0.25) is 0 Å². The summed E-state index contributed by atoms with van der Waals surface area (Å²) in [5, 5.41) is 2.57. The summed E-state index contributed by atoms with van der Waals surface area (Å²) in [6.45, 7) is 0. The number of hydrogen-bond acceptors (Lipinski definition) is 3. The van der Waals surface area contributed by atoms with E-state index in [4.69, 9.17) is 0 Å². The van der Waals surface area contributed by atoms with Crippen LogP contribution in [0.5, 0.6) is 0 Å². The number of carbonyl (C=O) groups excluding carboxylic acids is 1. The molecule has 0 bridgehead atoms. The molecule has 2 rings (SSSR count). The largest absolute Gasteiger partial charge is 0.354 e. The summed E-state index contributed by atoms with van der Waals surface area (Å²) < 4.78 is 0. The topological polar surface area (TPSA) is 54.9 Å². The van der Waals surface area contributed by atoms with Gasteiger partial charge in [0.05, 0.1) is 0 Å². The molecule has 1 aliphatic carbocycles. The van der Waals surface area contributed by atoms with Crippen molar-refractivity contribution in [2.45, 2.75) is 31.6 Å². The number of carbonyl (C=O) groups is 1. The quantitative estimate of drug-likeness (QED) is 0.796. The van der Waals surface area contributed by atoms with Crippen LogP contribution < -0.4 is 5.32 Å². The zero-order valence-electron chi connectivity index (χ0n) is 8.86. The van der Waals surface area contributed by atoms with Crippen molar-refractivity contribution in [2.24, 2.45) is 0 Å². The molecule has 1 amide bonds. The van der Waals surface area contributed by atoms with Crippen LogP contribution >= 0.6 is 0 Å². The van der Waals surface area contributed by atoms with Gasteiger partial charge in [0.15, 0.2) is 0 Å². The highest BCUT2D eigenvalue weighted by atomic mass is 16.1. The maximum Gasteiger partial charge on any atom is 0.269 e. The summed E-state index contributed by atoms with van der Waals surface area (Å²) in [7, 11) is 1.61. The molecule has 0 radical (unpaired) electrons. The third kappa shape index (κ3) is 2.14. The van der Waals surface area contributed by atoms with Crippen LogP contribution in [0.15, 0.2) is 12.3 Å². The van der Waals surface area contributed by atoms with E-state index in [0.717, 1.165) is 18.7 Å². The fourth-order valence-corrected chi connectivity index (χ4v) is 2.01. The Morgan fingerprint density at radius 2 is 2.20 bits per heavy atom. The van der Waals surface area contributed by atoms with Gasteiger partial charge in [0.25, 0.3) is 5.91 Å². The van der Waals surface area contributed by atoms with Gasteiger partial charge >= 0.3 is 0 Å². The highest BCUT2D eigenvalue weighted by molar-refractivity contribution is 5.91. The Morgan fingerprint density at radius 1 is 1.47 bits per heavy atom. The minimum absolute atomic E-state index is 0.142. The Kier molecular flexibility index (Phi) is 2.94. The number of nitrogens with zero attached hydrogens (tertiary/aromatic N) is 2. The Labute approximate surface area is 89.1 Å². The molecule has 0 unspecified atom stereocenters. The molecule has 1 aromatic rings. The number of nitrogens with one attached hydrogen (secondary N) is 1. The van der Waals surface area contributed by atoms with Crippen molar-refractivity contribution in [3.05, 3.63) is 23.8 Å². The van der Waals surface area contributed by atoms with Gasteiger partial charge in [-0.05, 0) is 18.9 Å². The van der Waals surface area contributed by atoms with Crippen LogP contribution in [-0.2, 0) is 0 Å². The minimum atomic E-state index is -0.142. The maximum absolute atomic E-state index is 11.4. The molecule has 1 heterocycles. The molecular weight excluding hydrogens is 190 g/mol. The predicted octanol–water partition coefficient (Wildman–Crippen LogP) is 1.49. The van der Waals surface area contributed by atoms with Gasteiger partial charge in [0, 0.05) is 19.2 Å². The molecular formula is C11H15N3O. The maximum atomic E-state index is 11.4. The van der Waals surface area contributed by atoms with Crippen LogP contribution in [0.25, 0.3) is 0 Å². The lowest BCUT2D eigenvalue weighted by atomic mass is 10.1. The molecule has 0 atom stereocenters. The van der Waals surface area contributed by atoms with Crippen molar-refractivity contribution in [2.75, 3.05) is 7.05 Å². The zero-order chi connectivity index (χ0) is 10.7. The van der Waals surface area contributed by atoms with Crippen molar-refractivity contribution in [3.63, 3.8) is 0 Å². The molecule has 80 valence electrons. The third-order valence-corrected chi connectivity index (χ3v) is 2.85. The van der Waals surface area contributed by atoms with Gasteiger partial charge in [0.1, 0.15) is 11.5 Å². The number of amides is 1. The van der Waals surface area contributed by atoms with Crippen molar-refractivity contribution in [1.29, 1.82) is 0 Å². The van der Waals surface area contributed by atoms with E-state index in [9.17, 15) is 4.79 Å². The normalized spacial score (nSPS) is 16.6. The molecule has 1 saturated carbocycles. The Hall–Kier alpha value is -1.45. The number of rotatable bonds is 2. The van der Waals surface area contributed by atoms with E-state index in [1.807, 2.05) is 0 Å². The second-order valence-corrected chi connectivity index (χ2v) is 3.86. The Balaban J connectivity index is 2.21. The summed E-state index contributed by atoms with van der Waals surface area (Å²) in [5.41, 5.74) is 0.467. The van der Waals surface area contributed by atoms with E-state index in [2.05, 4.69) is 15.3 Å². The first kappa shape index (κ1) is 10.1. The van der Waals surface area contributed by atoms with Crippen molar-refractivity contribution < 1.29 is 4.79 Å². The molecule has 0 spiro atoms. The summed E-state index contributed by atoms with van der Waals surface area (Å²) in [5.74, 6) is 1.14. The average molecular weight is 205 g/mol. The molecule has 1 aliphatic rings. The monoisotopic (exact) mass is 205 g/mol. The predicted molar refractivity (Wildman–Crippen MR) is 56.6 cm³/mol. The molecule has 0 aromatic carbocycles. The summed E-state index contributed by atoms with van der Waals surface area (Å²) in [6, 6.07) is 1.65. The lowest BCUT2D eigenvalue weighted by Crippen LogP contribution is -2.20. The van der Waals surface area contributed by atoms with Gasteiger partial charge in [-0.15, -0.1) is 0 Å². The first-order valence-electron chi connectivity index (χ1n) is 5.36. The fourth-order valence-electron chi connectivity index (χ4n) is 2.01.